The first-order valence-electron chi connectivity index (χ1n) is 5.30. The molecule has 1 aromatic rings. The van der Waals surface area contributed by atoms with Crippen LogP contribution in [0.4, 0.5) is 10.1 Å². The molecule has 1 aliphatic rings. The molecule has 0 aliphatic carbocycles. The van der Waals surface area contributed by atoms with Crippen LogP contribution in [-0.4, -0.2) is 11.9 Å². The van der Waals surface area contributed by atoms with Gasteiger partial charge in [0.05, 0.1) is 0 Å². The molecule has 1 atom stereocenters. The summed E-state index contributed by atoms with van der Waals surface area (Å²) in [5.74, 6) is -0.119. The zero-order chi connectivity index (χ0) is 10.8. The first-order chi connectivity index (χ1) is 7.22. The Kier molecular flexibility index (Phi) is 2.71. The lowest BCUT2D eigenvalue weighted by molar-refractivity contribution is -0.117. The monoisotopic (exact) mass is 207 g/mol. The Hall–Kier alpha value is -1.38. The molecule has 1 aliphatic heterocycles. The smallest absolute Gasteiger partial charge is 0.227 e. The highest BCUT2D eigenvalue weighted by molar-refractivity contribution is 5.96. The standard InChI is InChI=1S/C12H14FNO/c1-2-10-7-8-12(15)14(10)11-5-3-9(13)4-6-11/h3-6,10H,2,7-8H2,1H3. The van der Waals surface area contributed by atoms with Gasteiger partial charge in [0, 0.05) is 18.2 Å². The van der Waals surface area contributed by atoms with Crippen molar-refractivity contribution in [1.82, 2.24) is 0 Å². The third-order valence-electron chi connectivity index (χ3n) is 2.90. The van der Waals surface area contributed by atoms with Crippen LogP contribution in [0.15, 0.2) is 24.3 Å². The van der Waals surface area contributed by atoms with Crippen molar-refractivity contribution in [3.63, 3.8) is 0 Å². The predicted molar refractivity (Wildman–Crippen MR) is 57.2 cm³/mol. The molecular weight excluding hydrogens is 193 g/mol. The van der Waals surface area contributed by atoms with Crippen molar-refractivity contribution >= 4 is 11.6 Å². The molecule has 0 aromatic heterocycles. The van der Waals surface area contributed by atoms with E-state index in [0.29, 0.717) is 6.42 Å². The Labute approximate surface area is 88.7 Å². The van der Waals surface area contributed by atoms with Crippen LogP contribution in [0.25, 0.3) is 0 Å². The molecule has 1 heterocycles. The van der Waals surface area contributed by atoms with Gasteiger partial charge in [-0.15, -0.1) is 0 Å². The summed E-state index contributed by atoms with van der Waals surface area (Å²) in [7, 11) is 0. The Morgan fingerprint density at radius 2 is 2.07 bits per heavy atom. The maximum atomic E-state index is 12.7. The number of carbonyl (C=O) groups excluding carboxylic acids is 1. The highest BCUT2D eigenvalue weighted by Crippen LogP contribution is 2.28. The molecule has 0 bridgehead atoms. The third kappa shape index (κ3) is 1.87. The molecule has 0 radical (unpaired) electrons. The zero-order valence-electron chi connectivity index (χ0n) is 8.74. The van der Waals surface area contributed by atoms with E-state index in [1.54, 1.807) is 17.0 Å². The van der Waals surface area contributed by atoms with E-state index in [4.69, 9.17) is 0 Å². The van der Waals surface area contributed by atoms with Gasteiger partial charge in [-0.1, -0.05) is 6.92 Å². The molecule has 0 saturated carbocycles. The van der Waals surface area contributed by atoms with Crippen LogP contribution in [0.2, 0.25) is 0 Å². The fraction of sp³-hybridized carbons (Fsp3) is 0.417. The number of hydrogen-bond donors (Lipinski definition) is 0. The van der Waals surface area contributed by atoms with Crippen molar-refractivity contribution in [1.29, 1.82) is 0 Å². The van der Waals surface area contributed by atoms with Gasteiger partial charge < -0.3 is 4.90 Å². The van der Waals surface area contributed by atoms with Crippen molar-refractivity contribution < 1.29 is 9.18 Å². The summed E-state index contributed by atoms with van der Waals surface area (Å²) < 4.78 is 12.7. The van der Waals surface area contributed by atoms with E-state index in [0.717, 1.165) is 18.5 Å². The van der Waals surface area contributed by atoms with E-state index < -0.39 is 0 Å². The van der Waals surface area contributed by atoms with Gasteiger partial charge in [0.25, 0.3) is 0 Å². The Balaban J connectivity index is 2.28. The highest BCUT2D eigenvalue weighted by Gasteiger charge is 2.30. The molecule has 1 amide bonds. The molecule has 0 spiro atoms. The molecule has 3 heteroatoms. The maximum Gasteiger partial charge on any atom is 0.227 e. The Bertz CT molecular complexity index is 360. The number of benzene rings is 1. The number of rotatable bonds is 2. The predicted octanol–water partition coefficient (Wildman–Crippen LogP) is 2.73. The second-order valence-corrected chi connectivity index (χ2v) is 3.84. The van der Waals surface area contributed by atoms with Gasteiger partial charge in [-0.05, 0) is 37.1 Å². The zero-order valence-corrected chi connectivity index (χ0v) is 8.74. The number of halogens is 1. The number of hydrogen-bond acceptors (Lipinski definition) is 1. The average Bonchev–Trinajstić information content (AvgIpc) is 2.61. The Morgan fingerprint density at radius 3 is 2.67 bits per heavy atom. The van der Waals surface area contributed by atoms with Crippen LogP contribution in [0.3, 0.4) is 0 Å². The Morgan fingerprint density at radius 1 is 1.40 bits per heavy atom. The number of carbonyl (C=O) groups is 1. The van der Waals surface area contributed by atoms with Crippen LogP contribution in [0.5, 0.6) is 0 Å². The molecule has 2 nitrogen and oxygen atoms in total. The SMILES string of the molecule is CCC1CCC(=O)N1c1ccc(F)cc1. The van der Waals surface area contributed by atoms with Gasteiger partial charge in [-0.25, -0.2) is 4.39 Å². The summed E-state index contributed by atoms with van der Waals surface area (Å²) in [5, 5.41) is 0. The van der Waals surface area contributed by atoms with E-state index in [9.17, 15) is 9.18 Å². The minimum atomic E-state index is -0.265. The lowest BCUT2D eigenvalue weighted by atomic mass is 10.1. The molecule has 15 heavy (non-hydrogen) atoms. The van der Waals surface area contributed by atoms with E-state index in [1.807, 2.05) is 0 Å². The molecule has 1 unspecified atom stereocenters. The second-order valence-electron chi connectivity index (χ2n) is 3.84. The molecule has 1 fully saturated rings. The topological polar surface area (TPSA) is 20.3 Å². The fourth-order valence-corrected chi connectivity index (χ4v) is 2.09. The van der Waals surface area contributed by atoms with Crippen LogP contribution in [-0.2, 0) is 4.79 Å². The first kappa shape index (κ1) is 10.1. The maximum absolute atomic E-state index is 12.7. The van der Waals surface area contributed by atoms with E-state index >= 15 is 0 Å². The van der Waals surface area contributed by atoms with E-state index in [2.05, 4.69) is 6.92 Å². The molecule has 1 aromatic carbocycles. The van der Waals surface area contributed by atoms with Crippen LogP contribution >= 0.6 is 0 Å². The summed E-state index contributed by atoms with van der Waals surface area (Å²) in [6, 6.07) is 6.41. The van der Waals surface area contributed by atoms with Crippen molar-refractivity contribution in [2.24, 2.45) is 0 Å². The van der Waals surface area contributed by atoms with Crippen molar-refractivity contribution in [2.75, 3.05) is 4.90 Å². The van der Waals surface area contributed by atoms with Crippen LogP contribution < -0.4 is 4.90 Å². The van der Waals surface area contributed by atoms with Gasteiger partial charge in [0.2, 0.25) is 5.91 Å². The number of anilines is 1. The summed E-state index contributed by atoms with van der Waals surface area (Å²) in [5.41, 5.74) is 0.811. The molecule has 80 valence electrons. The molecule has 1 saturated heterocycles. The van der Waals surface area contributed by atoms with Gasteiger partial charge in [0.1, 0.15) is 5.82 Å². The fourth-order valence-electron chi connectivity index (χ4n) is 2.09. The average molecular weight is 207 g/mol. The van der Waals surface area contributed by atoms with Crippen molar-refractivity contribution in [3.8, 4) is 0 Å². The summed E-state index contributed by atoms with van der Waals surface area (Å²) in [6.45, 7) is 2.07. The summed E-state index contributed by atoms with van der Waals surface area (Å²) >= 11 is 0. The minimum absolute atomic E-state index is 0.147. The molecule has 0 N–H and O–H groups in total. The van der Waals surface area contributed by atoms with Gasteiger partial charge in [-0.3, -0.25) is 4.79 Å². The number of amides is 1. The largest absolute Gasteiger partial charge is 0.309 e. The molecule has 2 rings (SSSR count). The van der Waals surface area contributed by atoms with Crippen LogP contribution in [0, 0.1) is 5.82 Å². The first-order valence-corrected chi connectivity index (χ1v) is 5.30. The normalized spacial score (nSPS) is 21.1. The summed E-state index contributed by atoms with van der Waals surface area (Å²) in [6.07, 6.45) is 2.46. The second kappa shape index (κ2) is 4.01. The van der Waals surface area contributed by atoms with E-state index in [-0.39, 0.29) is 17.8 Å². The van der Waals surface area contributed by atoms with Gasteiger partial charge >= 0.3 is 0 Å². The van der Waals surface area contributed by atoms with Gasteiger partial charge in [0.15, 0.2) is 0 Å². The summed E-state index contributed by atoms with van der Waals surface area (Å²) in [4.78, 5) is 13.5. The minimum Gasteiger partial charge on any atom is -0.309 e. The van der Waals surface area contributed by atoms with Gasteiger partial charge in [-0.2, -0.15) is 0 Å². The van der Waals surface area contributed by atoms with Crippen molar-refractivity contribution in [2.45, 2.75) is 32.2 Å². The lowest BCUT2D eigenvalue weighted by Crippen LogP contribution is -2.32. The molecular formula is C12H14FNO. The van der Waals surface area contributed by atoms with Crippen molar-refractivity contribution in [3.05, 3.63) is 30.1 Å². The van der Waals surface area contributed by atoms with E-state index in [1.165, 1.54) is 12.1 Å². The highest BCUT2D eigenvalue weighted by atomic mass is 19.1. The quantitative estimate of drug-likeness (QED) is 0.730. The lowest BCUT2D eigenvalue weighted by Gasteiger charge is -2.23. The van der Waals surface area contributed by atoms with Crippen LogP contribution in [0.1, 0.15) is 26.2 Å². The third-order valence-corrected chi connectivity index (χ3v) is 2.90. The number of nitrogens with zero attached hydrogens (tertiary/aromatic N) is 1.